The Morgan fingerprint density at radius 2 is 2.30 bits per heavy atom. The Balaban J connectivity index is 2.14. The van der Waals surface area contributed by atoms with Gasteiger partial charge in [0.25, 0.3) is 0 Å². The van der Waals surface area contributed by atoms with Crippen molar-refractivity contribution in [1.82, 2.24) is 0 Å². The molecule has 0 spiro atoms. The Kier molecular flexibility index (Phi) is 4.75. The molecule has 0 aromatic heterocycles. The van der Waals surface area contributed by atoms with E-state index in [9.17, 15) is 14.3 Å². The summed E-state index contributed by atoms with van der Waals surface area (Å²) in [6.45, 7) is 2.13. The Hall–Kier alpha value is -1.43. The summed E-state index contributed by atoms with van der Waals surface area (Å²) in [5.41, 5.74) is 5.46. The van der Waals surface area contributed by atoms with Crippen molar-refractivity contribution in [2.75, 3.05) is 16.8 Å². The van der Waals surface area contributed by atoms with E-state index in [1.54, 1.807) is 0 Å². The third-order valence-electron chi connectivity index (χ3n) is 3.55. The summed E-state index contributed by atoms with van der Waals surface area (Å²) in [6.07, 6.45) is 3.11. The van der Waals surface area contributed by atoms with Gasteiger partial charge in [-0.15, -0.1) is 0 Å². The van der Waals surface area contributed by atoms with Crippen LogP contribution in [0.1, 0.15) is 36.5 Å². The highest BCUT2D eigenvalue weighted by molar-refractivity contribution is 7.99. The van der Waals surface area contributed by atoms with Crippen LogP contribution in [0, 0.1) is 5.82 Å². The second-order valence-electron chi connectivity index (χ2n) is 4.92. The van der Waals surface area contributed by atoms with Gasteiger partial charge in [-0.1, -0.05) is 6.92 Å². The van der Waals surface area contributed by atoms with Crippen molar-refractivity contribution >= 4 is 29.1 Å². The summed E-state index contributed by atoms with van der Waals surface area (Å²) in [6, 6.07) is 2.88. The summed E-state index contributed by atoms with van der Waals surface area (Å²) in [7, 11) is 0. The van der Waals surface area contributed by atoms with Crippen LogP contribution in [0.5, 0.6) is 0 Å². The fourth-order valence-corrected chi connectivity index (χ4v) is 3.77. The van der Waals surface area contributed by atoms with Gasteiger partial charge in [0.05, 0.1) is 11.4 Å². The molecule has 1 aromatic carbocycles. The largest absolute Gasteiger partial charge is 0.478 e. The zero-order chi connectivity index (χ0) is 14.7. The summed E-state index contributed by atoms with van der Waals surface area (Å²) >= 11 is 1.93. The van der Waals surface area contributed by atoms with Crippen LogP contribution in [-0.4, -0.2) is 28.1 Å². The molecule has 0 bridgehead atoms. The topological polar surface area (TPSA) is 75.3 Å². The first-order valence-electron chi connectivity index (χ1n) is 6.72. The number of benzene rings is 1. The second kappa shape index (κ2) is 6.35. The summed E-state index contributed by atoms with van der Waals surface area (Å²) in [5, 5.41) is 13.0. The van der Waals surface area contributed by atoms with E-state index in [2.05, 4.69) is 12.2 Å². The Bertz CT molecular complexity index is 510. The number of nitrogens with one attached hydrogen (secondary N) is 1. The van der Waals surface area contributed by atoms with Gasteiger partial charge in [0.15, 0.2) is 0 Å². The molecule has 6 heteroatoms. The molecule has 1 fully saturated rings. The van der Waals surface area contributed by atoms with Crippen molar-refractivity contribution < 1.29 is 14.3 Å². The number of halogens is 1. The van der Waals surface area contributed by atoms with E-state index in [1.165, 1.54) is 12.1 Å². The summed E-state index contributed by atoms with van der Waals surface area (Å²) in [4.78, 5) is 11.2. The molecule has 0 amide bonds. The molecule has 4 nitrogen and oxygen atoms in total. The number of hydrogen-bond donors (Lipinski definition) is 3. The van der Waals surface area contributed by atoms with E-state index in [4.69, 9.17) is 5.73 Å². The standard InChI is InChI=1S/C14H19FN2O2S/c1-2-20-9-4-3-8(7-9)17-11-6-5-10(15)13(16)12(11)14(18)19/h5-6,8-9,17H,2-4,7,16H2,1H3,(H,18,19). The number of hydrogen-bond acceptors (Lipinski definition) is 4. The quantitative estimate of drug-likeness (QED) is 0.728. The lowest BCUT2D eigenvalue weighted by molar-refractivity contribution is 0.0698. The fourth-order valence-electron chi connectivity index (χ4n) is 2.62. The van der Waals surface area contributed by atoms with Crippen LogP contribution >= 0.6 is 11.8 Å². The molecule has 0 heterocycles. The van der Waals surface area contributed by atoms with E-state index in [-0.39, 0.29) is 17.3 Å². The maximum absolute atomic E-state index is 13.4. The highest BCUT2D eigenvalue weighted by Gasteiger charge is 2.26. The molecule has 0 saturated heterocycles. The van der Waals surface area contributed by atoms with Gasteiger partial charge >= 0.3 is 5.97 Å². The number of thioether (sulfide) groups is 1. The lowest BCUT2D eigenvalue weighted by atomic mass is 10.1. The van der Waals surface area contributed by atoms with Gasteiger partial charge < -0.3 is 16.2 Å². The molecule has 20 heavy (non-hydrogen) atoms. The first kappa shape index (κ1) is 15.0. The van der Waals surface area contributed by atoms with Gasteiger partial charge in [0.2, 0.25) is 0 Å². The number of nitrogens with two attached hydrogens (primary N) is 1. The smallest absolute Gasteiger partial charge is 0.340 e. The molecule has 2 rings (SSSR count). The highest BCUT2D eigenvalue weighted by Crippen LogP contribution is 2.33. The second-order valence-corrected chi connectivity index (χ2v) is 6.50. The van der Waals surface area contributed by atoms with Crippen molar-refractivity contribution in [3.63, 3.8) is 0 Å². The number of carboxylic acids is 1. The van der Waals surface area contributed by atoms with Crippen LogP contribution in [0.15, 0.2) is 12.1 Å². The minimum atomic E-state index is -1.21. The highest BCUT2D eigenvalue weighted by atomic mass is 32.2. The molecule has 4 N–H and O–H groups in total. The predicted molar refractivity (Wildman–Crippen MR) is 81.0 cm³/mol. The number of rotatable bonds is 5. The van der Waals surface area contributed by atoms with Crippen molar-refractivity contribution in [3.8, 4) is 0 Å². The van der Waals surface area contributed by atoms with Gasteiger partial charge in [-0.3, -0.25) is 0 Å². The zero-order valence-electron chi connectivity index (χ0n) is 11.4. The summed E-state index contributed by atoms with van der Waals surface area (Å²) < 4.78 is 13.4. The minimum Gasteiger partial charge on any atom is -0.478 e. The van der Waals surface area contributed by atoms with Crippen LogP contribution in [0.25, 0.3) is 0 Å². The van der Waals surface area contributed by atoms with Crippen LogP contribution < -0.4 is 11.1 Å². The maximum atomic E-state index is 13.4. The lowest BCUT2D eigenvalue weighted by Gasteiger charge is -2.17. The monoisotopic (exact) mass is 298 g/mol. The first-order valence-corrected chi connectivity index (χ1v) is 7.77. The van der Waals surface area contributed by atoms with Crippen LogP contribution in [0.4, 0.5) is 15.8 Å². The Morgan fingerprint density at radius 1 is 1.55 bits per heavy atom. The number of anilines is 2. The Labute approximate surface area is 121 Å². The van der Waals surface area contributed by atoms with E-state index in [0.29, 0.717) is 10.9 Å². The fraction of sp³-hybridized carbons (Fsp3) is 0.500. The van der Waals surface area contributed by atoms with E-state index in [0.717, 1.165) is 25.0 Å². The first-order chi connectivity index (χ1) is 9.52. The summed E-state index contributed by atoms with van der Waals surface area (Å²) in [5.74, 6) is -0.817. The van der Waals surface area contributed by atoms with Crippen molar-refractivity contribution in [1.29, 1.82) is 0 Å². The number of nitrogen functional groups attached to an aromatic ring is 1. The van der Waals surface area contributed by atoms with E-state index in [1.807, 2.05) is 11.8 Å². The number of carbonyl (C=O) groups is 1. The average molecular weight is 298 g/mol. The Morgan fingerprint density at radius 3 is 2.95 bits per heavy atom. The maximum Gasteiger partial charge on any atom is 0.340 e. The molecule has 2 unspecified atom stereocenters. The molecule has 1 aliphatic rings. The average Bonchev–Trinajstić information content (AvgIpc) is 2.81. The number of carboxylic acid groups (broad SMARTS) is 1. The van der Waals surface area contributed by atoms with Crippen LogP contribution in [0.2, 0.25) is 0 Å². The van der Waals surface area contributed by atoms with Crippen molar-refractivity contribution in [2.24, 2.45) is 0 Å². The van der Waals surface area contributed by atoms with Crippen molar-refractivity contribution in [3.05, 3.63) is 23.5 Å². The SMILES string of the molecule is CCSC1CCC(Nc2ccc(F)c(N)c2C(=O)O)C1. The number of aromatic carboxylic acids is 1. The molecular formula is C14H19FN2O2S. The van der Waals surface area contributed by atoms with Crippen LogP contribution in [0.3, 0.4) is 0 Å². The van der Waals surface area contributed by atoms with Gasteiger partial charge in [0.1, 0.15) is 11.4 Å². The minimum absolute atomic E-state index is 0.170. The van der Waals surface area contributed by atoms with E-state index >= 15 is 0 Å². The zero-order valence-corrected chi connectivity index (χ0v) is 12.2. The molecule has 0 radical (unpaired) electrons. The predicted octanol–water partition coefficient (Wildman–Crippen LogP) is 3.19. The van der Waals surface area contributed by atoms with Crippen LogP contribution in [-0.2, 0) is 0 Å². The third kappa shape index (κ3) is 3.17. The molecule has 110 valence electrons. The lowest BCUT2D eigenvalue weighted by Crippen LogP contribution is -2.19. The normalized spacial score (nSPS) is 21.9. The molecule has 1 saturated carbocycles. The van der Waals surface area contributed by atoms with E-state index < -0.39 is 11.8 Å². The molecule has 1 aromatic rings. The van der Waals surface area contributed by atoms with Gasteiger partial charge in [-0.2, -0.15) is 11.8 Å². The molecular weight excluding hydrogens is 279 g/mol. The van der Waals surface area contributed by atoms with Gasteiger partial charge in [0, 0.05) is 11.3 Å². The molecule has 2 atom stereocenters. The third-order valence-corrected chi connectivity index (χ3v) is 4.79. The molecule has 0 aliphatic heterocycles. The molecule has 1 aliphatic carbocycles. The van der Waals surface area contributed by atoms with Gasteiger partial charge in [-0.05, 0) is 37.1 Å². The van der Waals surface area contributed by atoms with Gasteiger partial charge in [-0.25, -0.2) is 9.18 Å². The van der Waals surface area contributed by atoms with Crippen molar-refractivity contribution in [2.45, 2.75) is 37.5 Å².